The van der Waals surface area contributed by atoms with E-state index in [4.69, 9.17) is 9.88 Å². The minimum atomic E-state index is -0.219. The van der Waals surface area contributed by atoms with Gasteiger partial charge in [0.2, 0.25) is 0 Å². The summed E-state index contributed by atoms with van der Waals surface area (Å²) in [6.45, 7) is 8.42. The van der Waals surface area contributed by atoms with Crippen LogP contribution in [0.2, 0.25) is 0 Å². The molecule has 7 heteroatoms. The van der Waals surface area contributed by atoms with Gasteiger partial charge in [-0.15, -0.1) is 0 Å². The predicted octanol–water partition coefficient (Wildman–Crippen LogP) is 6.15. The summed E-state index contributed by atoms with van der Waals surface area (Å²) < 4.78 is 0. The summed E-state index contributed by atoms with van der Waals surface area (Å²) >= 11 is 0. The maximum atomic E-state index is 12.1. The molecule has 0 saturated carbocycles. The van der Waals surface area contributed by atoms with Crippen LogP contribution in [0.1, 0.15) is 118 Å². The van der Waals surface area contributed by atoms with E-state index in [9.17, 15) is 10.4 Å². The van der Waals surface area contributed by atoms with Crippen LogP contribution in [0.15, 0.2) is 0 Å². The summed E-state index contributed by atoms with van der Waals surface area (Å²) in [6, 6.07) is -0.438. The fourth-order valence-corrected chi connectivity index (χ4v) is 3.23. The van der Waals surface area contributed by atoms with Gasteiger partial charge in [0, 0.05) is 12.1 Å². The van der Waals surface area contributed by atoms with Crippen LogP contribution in [0.4, 0.5) is 0 Å². The average Bonchev–Trinajstić information content (AvgIpc) is 2.66. The lowest BCUT2D eigenvalue weighted by Crippen LogP contribution is -2.40. The highest BCUT2D eigenvalue weighted by atomic mass is 17.1. The fourth-order valence-electron chi connectivity index (χ4n) is 3.23. The molecule has 0 amide bonds. The molecule has 0 fully saturated rings. The second kappa shape index (κ2) is 19.1. The highest BCUT2D eigenvalue weighted by molar-refractivity contribution is 4.67. The van der Waals surface area contributed by atoms with Gasteiger partial charge in [0.15, 0.2) is 0 Å². The van der Waals surface area contributed by atoms with Gasteiger partial charge < -0.3 is 10.4 Å². The van der Waals surface area contributed by atoms with Crippen molar-refractivity contribution < 1.29 is 9.88 Å². The first-order valence-corrected chi connectivity index (χ1v) is 11.1. The molecule has 0 aromatic rings. The molecule has 0 heterocycles. The Morgan fingerprint density at radius 1 is 0.593 bits per heavy atom. The van der Waals surface area contributed by atoms with E-state index in [1.54, 1.807) is 0 Å². The molecule has 0 unspecified atom stereocenters. The van der Waals surface area contributed by atoms with Crippen molar-refractivity contribution in [3.63, 3.8) is 0 Å². The molecule has 7 nitrogen and oxygen atoms in total. The standard InChI is InChI=1S/C20H43N3O4/c1-5-9-11-13-17-19(15-7-3)22(24)26-21-27-23(25)20(16-8-4)18-14-12-10-6-2/h19-21H,5-18H2,1-4H3/q-2/t19-,20+. The van der Waals surface area contributed by atoms with Crippen LogP contribution in [0.3, 0.4) is 0 Å². The lowest BCUT2D eigenvalue weighted by molar-refractivity contribution is -0.367. The quantitative estimate of drug-likeness (QED) is 0.197. The Morgan fingerprint density at radius 2 is 1.00 bits per heavy atom. The Morgan fingerprint density at radius 3 is 1.33 bits per heavy atom. The van der Waals surface area contributed by atoms with Crippen molar-refractivity contribution in [2.45, 2.75) is 130 Å². The lowest BCUT2D eigenvalue weighted by atomic mass is 10.0. The van der Waals surface area contributed by atoms with E-state index >= 15 is 0 Å². The predicted molar refractivity (Wildman–Crippen MR) is 111 cm³/mol. The molecule has 0 aliphatic rings. The number of hydrogen-bond acceptors (Lipinski definition) is 7. The third-order valence-corrected chi connectivity index (χ3v) is 4.88. The second-order valence-corrected chi connectivity index (χ2v) is 7.42. The van der Waals surface area contributed by atoms with Gasteiger partial charge >= 0.3 is 0 Å². The van der Waals surface area contributed by atoms with Crippen LogP contribution < -0.4 is 5.64 Å². The summed E-state index contributed by atoms with van der Waals surface area (Å²) in [5.41, 5.74) is 2.09. The topological polar surface area (TPSA) is 83.1 Å². The molecule has 0 rings (SSSR count). The number of hydrogen-bond donors (Lipinski definition) is 1. The molecule has 0 spiro atoms. The van der Waals surface area contributed by atoms with Gasteiger partial charge in [0.05, 0.1) is 0 Å². The first kappa shape index (κ1) is 26.7. The third kappa shape index (κ3) is 14.4. The minimum Gasteiger partial charge on any atom is -0.760 e. The van der Waals surface area contributed by atoms with Gasteiger partial charge in [-0.3, -0.25) is 0 Å². The number of nitrogens with one attached hydrogen (secondary N) is 1. The van der Waals surface area contributed by atoms with Crippen LogP contribution >= 0.6 is 0 Å². The van der Waals surface area contributed by atoms with Crippen LogP contribution in [0, 0.1) is 10.4 Å². The zero-order valence-electron chi connectivity index (χ0n) is 18.1. The van der Waals surface area contributed by atoms with Gasteiger partial charge in [0.25, 0.3) is 0 Å². The Hall–Kier alpha value is -0.280. The highest BCUT2D eigenvalue weighted by Gasteiger charge is 2.13. The number of hydroxylamine groups is 4. The molecule has 2 atom stereocenters. The van der Waals surface area contributed by atoms with Gasteiger partial charge in [-0.05, 0) is 31.3 Å². The van der Waals surface area contributed by atoms with Gasteiger partial charge in [0.1, 0.15) is 0 Å². The SMILES string of the molecule is CCCCCC[C@@H](CCC)N([O-])ONON([O-])[C@@H](CCC)CCCCCC. The molecule has 0 aromatic carbocycles. The molecule has 0 aromatic heterocycles. The second-order valence-electron chi connectivity index (χ2n) is 7.42. The molecule has 1 N–H and O–H groups in total. The van der Waals surface area contributed by atoms with Crippen molar-refractivity contribution in [2.24, 2.45) is 0 Å². The van der Waals surface area contributed by atoms with E-state index in [0.29, 0.717) is 10.5 Å². The van der Waals surface area contributed by atoms with Crippen molar-refractivity contribution in [2.75, 3.05) is 0 Å². The zero-order valence-corrected chi connectivity index (χ0v) is 18.1. The fraction of sp³-hybridized carbons (Fsp3) is 1.00. The first-order chi connectivity index (χ1) is 13.1. The smallest absolute Gasteiger partial charge is 0.0239 e. The van der Waals surface area contributed by atoms with E-state index in [1.807, 2.05) is 13.8 Å². The third-order valence-electron chi connectivity index (χ3n) is 4.88. The summed E-state index contributed by atoms with van der Waals surface area (Å²) in [7, 11) is 0. The van der Waals surface area contributed by atoms with Crippen molar-refractivity contribution in [3.05, 3.63) is 10.4 Å². The van der Waals surface area contributed by atoms with Crippen molar-refractivity contribution in [3.8, 4) is 0 Å². The Labute approximate surface area is 166 Å². The molecule has 0 saturated heterocycles. The number of rotatable bonds is 20. The van der Waals surface area contributed by atoms with E-state index < -0.39 is 0 Å². The molecule has 164 valence electrons. The molecule has 0 aliphatic carbocycles. The van der Waals surface area contributed by atoms with E-state index in [-0.39, 0.29) is 12.1 Å². The van der Waals surface area contributed by atoms with Crippen molar-refractivity contribution in [1.82, 2.24) is 16.1 Å². The van der Waals surface area contributed by atoms with Crippen molar-refractivity contribution >= 4 is 0 Å². The first-order valence-electron chi connectivity index (χ1n) is 11.1. The van der Waals surface area contributed by atoms with Crippen molar-refractivity contribution in [1.29, 1.82) is 0 Å². The van der Waals surface area contributed by atoms with Crippen LogP contribution in [-0.4, -0.2) is 22.5 Å². The molecule has 0 aliphatic heterocycles. The van der Waals surface area contributed by atoms with Crippen LogP contribution in [0.5, 0.6) is 0 Å². The summed E-state index contributed by atoms with van der Waals surface area (Å²) in [5.74, 6) is 0. The normalized spacial score (nSPS) is 14.2. The number of nitrogens with zero attached hydrogens (tertiary/aromatic N) is 2. The van der Waals surface area contributed by atoms with Gasteiger partial charge in [-0.2, -0.15) is 9.88 Å². The molecule has 0 radical (unpaired) electrons. The molecular weight excluding hydrogens is 346 g/mol. The molecule has 27 heavy (non-hydrogen) atoms. The van der Waals surface area contributed by atoms with Crippen LogP contribution in [0.25, 0.3) is 0 Å². The molecular formula is C20H43N3O4-2. The minimum absolute atomic E-state index is 0.219. The molecule has 0 bridgehead atoms. The summed E-state index contributed by atoms with van der Waals surface area (Å²) in [6.07, 6.45) is 13.9. The number of unbranched alkanes of at least 4 members (excludes halogenated alkanes) is 6. The maximum absolute atomic E-state index is 12.1. The Balaban J connectivity index is 4.19. The van der Waals surface area contributed by atoms with Gasteiger partial charge in [-0.1, -0.05) is 91.9 Å². The summed E-state index contributed by atoms with van der Waals surface area (Å²) in [5, 5.41) is 25.4. The monoisotopic (exact) mass is 389 g/mol. The van der Waals surface area contributed by atoms with E-state index in [0.717, 1.165) is 64.2 Å². The Bertz CT molecular complexity index is 283. The summed E-state index contributed by atoms with van der Waals surface area (Å²) in [4.78, 5) is 9.84. The largest absolute Gasteiger partial charge is 0.760 e. The zero-order chi connectivity index (χ0) is 20.3. The Kier molecular flexibility index (Phi) is 18.9. The van der Waals surface area contributed by atoms with E-state index in [2.05, 4.69) is 19.5 Å². The maximum Gasteiger partial charge on any atom is 0.0239 e. The van der Waals surface area contributed by atoms with Crippen LogP contribution in [-0.2, 0) is 9.88 Å². The van der Waals surface area contributed by atoms with Gasteiger partial charge in [-0.25, -0.2) is 10.5 Å². The highest BCUT2D eigenvalue weighted by Crippen LogP contribution is 2.17. The average molecular weight is 390 g/mol. The van der Waals surface area contributed by atoms with E-state index in [1.165, 1.54) is 25.7 Å². The lowest BCUT2D eigenvalue weighted by Gasteiger charge is -2.38.